The van der Waals surface area contributed by atoms with E-state index < -0.39 is 0 Å². The summed E-state index contributed by atoms with van der Waals surface area (Å²) in [5.41, 5.74) is -0.0268. The van der Waals surface area contributed by atoms with Crippen molar-refractivity contribution in [3.8, 4) is 0 Å². The molecule has 0 amide bonds. The van der Waals surface area contributed by atoms with Gasteiger partial charge in [-0.3, -0.25) is 0 Å². The number of nitrogens with one attached hydrogen (secondary N) is 1. The Bertz CT molecular complexity index is 194. The van der Waals surface area contributed by atoms with Crippen molar-refractivity contribution in [2.24, 2.45) is 0 Å². The van der Waals surface area contributed by atoms with Crippen molar-refractivity contribution in [1.29, 1.82) is 0 Å². The fourth-order valence-electron chi connectivity index (χ4n) is 2.44. The molecule has 82 valence electrons. The maximum Gasteiger partial charge on any atom is 0.0614 e. The van der Waals surface area contributed by atoms with Crippen LogP contribution in [0.15, 0.2) is 0 Å². The first-order valence-electron chi connectivity index (χ1n) is 5.78. The molecule has 2 N–H and O–H groups in total. The van der Waals surface area contributed by atoms with E-state index in [1.807, 2.05) is 6.92 Å². The third-order valence-electron chi connectivity index (χ3n) is 3.36. The van der Waals surface area contributed by atoms with Crippen molar-refractivity contribution in [3.05, 3.63) is 0 Å². The van der Waals surface area contributed by atoms with E-state index in [1.54, 1.807) is 0 Å². The van der Waals surface area contributed by atoms with Crippen molar-refractivity contribution < 1.29 is 9.84 Å². The van der Waals surface area contributed by atoms with Crippen LogP contribution in [-0.2, 0) is 4.74 Å². The molecule has 2 atom stereocenters. The van der Waals surface area contributed by atoms with Crippen LogP contribution in [0.3, 0.4) is 0 Å². The predicted molar refractivity (Wildman–Crippen MR) is 55.2 cm³/mol. The maximum absolute atomic E-state index is 9.46. The van der Waals surface area contributed by atoms with Crippen molar-refractivity contribution in [2.75, 3.05) is 13.2 Å². The van der Waals surface area contributed by atoms with Crippen LogP contribution in [0.5, 0.6) is 0 Å². The van der Waals surface area contributed by atoms with Crippen LogP contribution < -0.4 is 5.32 Å². The summed E-state index contributed by atoms with van der Waals surface area (Å²) in [5, 5.41) is 13.0. The highest BCUT2D eigenvalue weighted by molar-refractivity contribution is 5.01. The summed E-state index contributed by atoms with van der Waals surface area (Å²) in [7, 11) is 0. The number of aliphatic hydroxyl groups is 1. The number of aliphatic hydroxyl groups excluding tert-OH is 1. The van der Waals surface area contributed by atoms with E-state index in [0.717, 1.165) is 25.9 Å². The second kappa shape index (κ2) is 4.17. The standard InChI is InChI=1S/C11H21NO2/c1-2-14-10-5-6-11(7-10,8-13)12-9-3-4-9/h9-10,12-13H,2-8H2,1H3. The van der Waals surface area contributed by atoms with Gasteiger partial charge in [0, 0.05) is 18.2 Å². The number of hydrogen-bond acceptors (Lipinski definition) is 3. The molecule has 0 heterocycles. The molecule has 3 nitrogen and oxygen atoms in total. The molecule has 0 aromatic carbocycles. The summed E-state index contributed by atoms with van der Waals surface area (Å²) in [6.45, 7) is 3.08. The maximum atomic E-state index is 9.46. The zero-order valence-electron chi connectivity index (χ0n) is 8.96. The van der Waals surface area contributed by atoms with Gasteiger partial charge in [0.2, 0.25) is 0 Å². The highest BCUT2D eigenvalue weighted by atomic mass is 16.5. The van der Waals surface area contributed by atoms with Crippen molar-refractivity contribution in [2.45, 2.75) is 56.7 Å². The third-order valence-corrected chi connectivity index (χ3v) is 3.36. The largest absolute Gasteiger partial charge is 0.394 e. The summed E-state index contributed by atoms with van der Waals surface area (Å²) in [6.07, 6.45) is 6.05. The minimum atomic E-state index is -0.0268. The van der Waals surface area contributed by atoms with Gasteiger partial charge in [-0.2, -0.15) is 0 Å². The number of rotatable bonds is 5. The van der Waals surface area contributed by atoms with Gasteiger partial charge in [-0.05, 0) is 39.0 Å². The topological polar surface area (TPSA) is 41.5 Å². The van der Waals surface area contributed by atoms with Crippen LogP contribution in [0.2, 0.25) is 0 Å². The second-order valence-corrected chi connectivity index (χ2v) is 4.68. The molecule has 3 heteroatoms. The van der Waals surface area contributed by atoms with Gasteiger partial charge in [0.15, 0.2) is 0 Å². The molecule has 2 unspecified atom stereocenters. The minimum Gasteiger partial charge on any atom is -0.394 e. The van der Waals surface area contributed by atoms with Crippen LogP contribution in [-0.4, -0.2) is 36.0 Å². The van der Waals surface area contributed by atoms with E-state index in [-0.39, 0.29) is 12.1 Å². The molecule has 0 aromatic heterocycles. The predicted octanol–water partition coefficient (Wildman–Crippen LogP) is 1.06. The second-order valence-electron chi connectivity index (χ2n) is 4.68. The summed E-state index contributed by atoms with van der Waals surface area (Å²) >= 11 is 0. The third kappa shape index (κ3) is 2.27. The quantitative estimate of drug-likeness (QED) is 0.695. The molecule has 2 fully saturated rings. The monoisotopic (exact) mass is 199 g/mol. The molecular weight excluding hydrogens is 178 g/mol. The fraction of sp³-hybridized carbons (Fsp3) is 1.00. The van der Waals surface area contributed by atoms with Gasteiger partial charge in [0.05, 0.1) is 12.7 Å². The van der Waals surface area contributed by atoms with Crippen LogP contribution >= 0.6 is 0 Å². The van der Waals surface area contributed by atoms with Crippen molar-refractivity contribution >= 4 is 0 Å². The molecule has 0 radical (unpaired) electrons. The summed E-state index contributed by atoms with van der Waals surface area (Å²) in [6, 6.07) is 0.669. The Kier molecular flexibility index (Phi) is 3.10. The summed E-state index contributed by atoms with van der Waals surface area (Å²) in [4.78, 5) is 0. The molecule has 0 saturated heterocycles. The first-order valence-corrected chi connectivity index (χ1v) is 5.78. The summed E-state index contributed by atoms with van der Waals surface area (Å²) in [5.74, 6) is 0. The van der Waals surface area contributed by atoms with E-state index >= 15 is 0 Å². The molecule has 0 bridgehead atoms. The zero-order chi connectivity index (χ0) is 10.0. The van der Waals surface area contributed by atoms with Gasteiger partial charge >= 0.3 is 0 Å². The Balaban J connectivity index is 1.86. The van der Waals surface area contributed by atoms with E-state index in [9.17, 15) is 5.11 Å². The lowest BCUT2D eigenvalue weighted by Gasteiger charge is -2.28. The zero-order valence-corrected chi connectivity index (χ0v) is 8.96. The molecule has 14 heavy (non-hydrogen) atoms. The fourth-order valence-corrected chi connectivity index (χ4v) is 2.44. The van der Waals surface area contributed by atoms with E-state index in [2.05, 4.69) is 5.32 Å². The number of ether oxygens (including phenoxy) is 1. The highest BCUT2D eigenvalue weighted by Gasteiger charge is 2.42. The van der Waals surface area contributed by atoms with Crippen molar-refractivity contribution in [1.82, 2.24) is 5.32 Å². The highest BCUT2D eigenvalue weighted by Crippen LogP contribution is 2.35. The normalized spacial score (nSPS) is 37.7. The molecule has 2 aliphatic carbocycles. The molecule has 2 saturated carbocycles. The molecule has 0 spiro atoms. The average Bonchev–Trinajstić information content (AvgIpc) is 2.89. The van der Waals surface area contributed by atoms with E-state index in [1.165, 1.54) is 12.8 Å². The Morgan fingerprint density at radius 3 is 2.79 bits per heavy atom. The van der Waals surface area contributed by atoms with E-state index in [0.29, 0.717) is 12.1 Å². The molecule has 0 aromatic rings. The van der Waals surface area contributed by atoms with Gasteiger partial charge < -0.3 is 15.2 Å². The Morgan fingerprint density at radius 1 is 1.43 bits per heavy atom. The van der Waals surface area contributed by atoms with E-state index in [4.69, 9.17) is 4.74 Å². The van der Waals surface area contributed by atoms with Crippen LogP contribution in [0.4, 0.5) is 0 Å². The lowest BCUT2D eigenvalue weighted by atomic mass is 9.98. The lowest BCUT2D eigenvalue weighted by molar-refractivity contribution is 0.0551. The van der Waals surface area contributed by atoms with Gasteiger partial charge in [-0.25, -0.2) is 0 Å². The van der Waals surface area contributed by atoms with Gasteiger partial charge in [-0.1, -0.05) is 0 Å². The molecular formula is C11H21NO2. The minimum absolute atomic E-state index is 0.0268. The van der Waals surface area contributed by atoms with Gasteiger partial charge in [-0.15, -0.1) is 0 Å². The van der Waals surface area contributed by atoms with Gasteiger partial charge in [0.25, 0.3) is 0 Å². The van der Waals surface area contributed by atoms with Crippen LogP contribution in [0.1, 0.15) is 39.0 Å². The van der Waals surface area contributed by atoms with Crippen molar-refractivity contribution in [3.63, 3.8) is 0 Å². The molecule has 0 aliphatic heterocycles. The van der Waals surface area contributed by atoms with Gasteiger partial charge in [0.1, 0.15) is 0 Å². The lowest BCUT2D eigenvalue weighted by Crippen LogP contribution is -2.48. The SMILES string of the molecule is CCOC1CCC(CO)(NC2CC2)C1. The molecule has 2 aliphatic rings. The first kappa shape index (κ1) is 10.4. The first-order chi connectivity index (χ1) is 6.78. The number of hydrogen-bond donors (Lipinski definition) is 2. The summed E-state index contributed by atoms with van der Waals surface area (Å²) < 4.78 is 5.61. The van der Waals surface area contributed by atoms with Crippen LogP contribution in [0.25, 0.3) is 0 Å². The Morgan fingerprint density at radius 2 is 2.21 bits per heavy atom. The Hall–Kier alpha value is -0.120. The Labute approximate surface area is 85.8 Å². The molecule has 2 rings (SSSR count). The smallest absolute Gasteiger partial charge is 0.0614 e. The van der Waals surface area contributed by atoms with Crippen LogP contribution in [0, 0.1) is 0 Å². The average molecular weight is 199 g/mol.